The van der Waals surface area contributed by atoms with Crippen molar-refractivity contribution >= 4 is 15.8 Å². The summed E-state index contributed by atoms with van der Waals surface area (Å²) < 4.78 is 27.5. The summed E-state index contributed by atoms with van der Waals surface area (Å²) in [7, 11) is -3.51. The van der Waals surface area contributed by atoms with Crippen molar-refractivity contribution in [3.63, 3.8) is 0 Å². The Kier molecular flexibility index (Phi) is 4.95. The van der Waals surface area contributed by atoms with Crippen molar-refractivity contribution in [2.24, 2.45) is 11.8 Å². The zero-order chi connectivity index (χ0) is 14.6. The van der Waals surface area contributed by atoms with Crippen LogP contribution in [-0.2, 0) is 10.0 Å². The first kappa shape index (κ1) is 15.2. The minimum absolute atomic E-state index is 0.0288. The third kappa shape index (κ3) is 3.68. The molecule has 1 fully saturated rings. The maximum Gasteiger partial charge on any atom is 0.241 e. The Bertz CT molecular complexity index is 547. The summed E-state index contributed by atoms with van der Waals surface area (Å²) in [6, 6.07) is 2.94. The highest BCUT2D eigenvalue weighted by Crippen LogP contribution is 2.27. The number of nitrogens with two attached hydrogens (primary N) is 1. The number of hydrogen-bond donors (Lipinski definition) is 3. The minimum atomic E-state index is -3.51. The first-order chi connectivity index (χ1) is 9.55. The number of rotatable bonds is 5. The van der Waals surface area contributed by atoms with E-state index in [4.69, 9.17) is 5.84 Å². The second kappa shape index (κ2) is 6.51. The van der Waals surface area contributed by atoms with Gasteiger partial charge >= 0.3 is 0 Å². The van der Waals surface area contributed by atoms with Gasteiger partial charge in [-0.1, -0.05) is 26.2 Å². The number of anilines is 1. The molecule has 0 aromatic carbocycles. The van der Waals surface area contributed by atoms with Gasteiger partial charge in [0.05, 0.1) is 4.90 Å². The number of hydrogen-bond acceptors (Lipinski definition) is 5. The van der Waals surface area contributed by atoms with Crippen LogP contribution in [0.1, 0.15) is 39.0 Å². The molecule has 20 heavy (non-hydrogen) atoms. The summed E-state index contributed by atoms with van der Waals surface area (Å²) in [6.45, 7) is 2.16. The Labute approximate surface area is 120 Å². The quantitative estimate of drug-likeness (QED) is 0.567. The minimum Gasteiger partial charge on any atom is -0.308 e. The topological polar surface area (TPSA) is 97.1 Å². The van der Waals surface area contributed by atoms with Gasteiger partial charge in [0, 0.05) is 18.3 Å². The van der Waals surface area contributed by atoms with Gasteiger partial charge in [0.2, 0.25) is 10.0 Å². The second-order valence-corrected chi connectivity index (χ2v) is 6.99. The van der Waals surface area contributed by atoms with Gasteiger partial charge in [-0.15, -0.1) is 0 Å². The average molecular weight is 298 g/mol. The lowest BCUT2D eigenvalue weighted by Crippen LogP contribution is -2.38. The Morgan fingerprint density at radius 1 is 1.45 bits per heavy atom. The molecule has 6 nitrogen and oxygen atoms in total. The van der Waals surface area contributed by atoms with Crippen LogP contribution >= 0.6 is 0 Å². The van der Waals surface area contributed by atoms with Crippen LogP contribution in [0, 0.1) is 5.92 Å². The highest BCUT2D eigenvalue weighted by molar-refractivity contribution is 7.89. The first-order valence-electron chi connectivity index (χ1n) is 7.00. The fraction of sp³-hybridized carbons (Fsp3) is 0.615. The fourth-order valence-electron chi connectivity index (χ4n) is 2.71. The smallest absolute Gasteiger partial charge is 0.241 e. The predicted octanol–water partition coefficient (Wildman–Crippen LogP) is 1.61. The molecular formula is C13H22N4O2S. The molecule has 112 valence electrons. The zero-order valence-electron chi connectivity index (χ0n) is 11.7. The fourth-order valence-corrected chi connectivity index (χ4v) is 4.01. The largest absolute Gasteiger partial charge is 0.308 e. The molecule has 1 heterocycles. The van der Waals surface area contributed by atoms with E-state index in [0.717, 1.165) is 25.7 Å². The van der Waals surface area contributed by atoms with Gasteiger partial charge in [0.15, 0.2) is 0 Å². The van der Waals surface area contributed by atoms with Crippen molar-refractivity contribution in [3.8, 4) is 0 Å². The van der Waals surface area contributed by atoms with E-state index in [-0.39, 0.29) is 10.9 Å². The van der Waals surface area contributed by atoms with Crippen LogP contribution < -0.4 is 16.0 Å². The molecule has 2 atom stereocenters. The summed E-state index contributed by atoms with van der Waals surface area (Å²) in [5, 5.41) is 0. The number of sulfonamides is 1. The number of hydrazine groups is 1. The van der Waals surface area contributed by atoms with E-state index in [9.17, 15) is 8.42 Å². The molecule has 1 saturated carbocycles. The van der Waals surface area contributed by atoms with Crippen molar-refractivity contribution in [1.82, 2.24) is 9.71 Å². The van der Waals surface area contributed by atoms with Gasteiger partial charge in [-0.3, -0.25) is 0 Å². The van der Waals surface area contributed by atoms with Crippen molar-refractivity contribution in [2.75, 3.05) is 5.43 Å². The molecule has 1 aromatic rings. The van der Waals surface area contributed by atoms with Crippen LogP contribution in [0.15, 0.2) is 23.2 Å². The number of nitrogens with zero attached hydrogens (tertiary/aromatic N) is 1. The van der Waals surface area contributed by atoms with Crippen LogP contribution in [0.25, 0.3) is 0 Å². The number of aromatic nitrogens is 1. The number of pyridine rings is 1. The third-order valence-corrected chi connectivity index (χ3v) is 5.39. The van der Waals surface area contributed by atoms with Crippen LogP contribution in [0.5, 0.6) is 0 Å². The van der Waals surface area contributed by atoms with E-state index in [2.05, 4.69) is 22.1 Å². The van der Waals surface area contributed by atoms with E-state index in [0.29, 0.717) is 11.7 Å². The van der Waals surface area contributed by atoms with Gasteiger partial charge < -0.3 is 5.43 Å². The maximum atomic E-state index is 12.4. The Hall–Kier alpha value is -1.18. The Morgan fingerprint density at radius 3 is 2.95 bits per heavy atom. The summed E-state index contributed by atoms with van der Waals surface area (Å²) in [6.07, 6.45) is 6.64. The summed E-state index contributed by atoms with van der Waals surface area (Å²) >= 11 is 0. The van der Waals surface area contributed by atoms with Crippen LogP contribution in [-0.4, -0.2) is 19.4 Å². The van der Waals surface area contributed by atoms with Gasteiger partial charge in [-0.05, 0) is 24.8 Å². The van der Waals surface area contributed by atoms with Crippen LogP contribution in [0.3, 0.4) is 0 Å². The van der Waals surface area contributed by atoms with Gasteiger partial charge in [-0.2, -0.15) is 0 Å². The highest BCUT2D eigenvalue weighted by Gasteiger charge is 2.25. The number of nitrogens with one attached hydrogen (secondary N) is 2. The second-order valence-electron chi connectivity index (χ2n) is 5.28. The zero-order valence-corrected chi connectivity index (χ0v) is 12.5. The Morgan fingerprint density at radius 2 is 2.25 bits per heavy atom. The molecule has 1 aromatic heterocycles. The lowest BCUT2D eigenvalue weighted by atomic mass is 9.85. The molecule has 0 spiro atoms. The summed E-state index contributed by atoms with van der Waals surface area (Å²) in [5.74, 6) is 6.21. The molecule has 2 rings (SSSR count). The molecule has 0 amide bonds. The molecule has 2 unspecified atom stereocenters. The molecule has 0 saturated heterocycles. The lowest BCUT2D eigenvalue weighted by molar-refractivity contribution is 0.301. The summed E-state index contributed by atoms with van der Waals surface area (Å²) in [4.78, 5) is 4.11. The van der Waals surface area contributed by atoms with E-state index in [1.54, 1.807) is 0 Å². The van der Waals surface area contributed by atoms with Crippen molar-refractivity contribution in [1.29, 1.82) is 0 Å². The van der Waals surface area contributed by atoms with Gasteiger partial charge in [0.1, 0.15) is 5.82 Å². The summed E-state index contributed by atoms with van der Waals surface area (Å²) in [5.41, 5.74) is 2.36. The Balaban J connectivity index is 2.10. The maximum absolute atomic E-state index is 12.4. The SMILES string of the molecule is CCC1CCCC(NS(=O)(=O)c2ccnc(NN)c2)C1. The molecule has 7 heteroatoms. The third-order valence-electron chi connectivity index (χ3n) is 3.87. The lowest BCUT2D eigenvalue weighted by Gasteiger charge is -2.28. The van der Waals surface area contributed by atoms with E-state index >= 15 is 0 Å². The van der Waals surface area contributed by atoms with Crippen LogP contribution in [0.2, 0.25) is 0 Å². The van der Waals surface area contributed by atoms with E-state index in [1.807, 2.05) is 0 Å². The highest BCUT2D eigenvalue weighted by atomic mass is 32.2. The molecule has 0 radical (unpaired) electrons. The van der Waals surface area contributed by atoms with E-state index in [1.165, 1.54) is 24.8 Å². The predicted molar refractivity (Wildman–Crippen MR) is 78.4 cm³/mol. The molecule has 1 aliphatic rings. The molecule has 4 N–H and O–H groups in total. The first-order valence-corrected chi connectivity index (χ1v) is 8.48. The molecule has 1 aliphatic carbocycles. The normalized spacial score (nSPS) is 23.5. The van der Waals surface area contributed by atoms with Gasteiger partial charge in [0.25, 0.3) is 0 Å². The average Bonchev–Trinajstić information content (AvgIpc) is 2.47. The van der Waals surface area contributed by atoms with Crippen molar-refractivity contribution in [2.45, 2.75) is 50.0 Å². The molecule has 0 aliphatic heterocycles. The van der Waals surface area contributed by atoms with Crippen molar-refractivity contribution in [3.05, 3.63) is 18.3 Å². The van der Waals surface area contributed by atoms with Crippen molar-refractivity contribution < 1.29 is 8.42 Å². The van der Waals surface area contributed by atoms with Gasteiger partial charge in [-0.25, -0.2) is 24.0 Å². The molecular weight excluding hydrogens is 276 g/mol. The van der Waals surface area contributed by atoms with Crippen LogP contribution in [0.4, 0.5) is 5.82 Å². The standard InChI is InChI=1S/C13H22N4O2S/c1-2-10-4-3-5-11(8-10)17-20(18,19)12-6-7-15-13(9-12)16-14/h6-7,9-11,17H,2-5,8,14H2,1H3,(H,15,16). The van der Waals surface area contributed by atoms with E-state index < -0.39 is 10.0 Å². The number of nitrogen functional groups attached to an aromatic ring is 1. The monoisotopic (exact) mass is 298 g/mol. The molecule has 0 bridgehead atoms.